The summed E-state index contributed by atoms with van der Waals surface area (Å²) < 4.78 is 19.7. The van der Waals surface area contributed by atoms with Crippen molar-refractivity contribution in [2.75, 3.05) is 46.0 Å². The predicted molar refractivity (Wildman–Crippen MR) is 124 cm³/mol. The lowest BCUT2D eigenvalue weighted by Gasteiger charge is -2.41. The molecule has 0 aliphatic rings. The molecule has 6 heteroatoms. The lowest BCUT2D eigenvalue weighted by atomic mass is 10.1. The molecule has 0 bridgehead atoms. The van der Waals surface area contributed by atoms with E-state index in [0.717, 1.165) is 12.6 Å². The molecule has 4 nitrogen and oxygen atoms in total. The molecule has 0 atom stereocenters. The molecule has 178 valence electrons. The average molecular weight is 454 g/mol. The minimum Gasteiger partial charge on any atom is -1.00 e. The lowest BCUT2D eigenvalue weighted by Crippen LogP contribution is -3.00. The van der Waals surface area contributed by atoms with E-state index in [1.54, 1.807) is 0 Å². The maximum Gasteiger partial charge on any atom is 0.506 e. The van der Waals surface area contributed by atoms with Crippen molar-refractivity contribution < 1.29 is 30.2 Å². The van der Waals surface area contributed by atoms with Gasteiger partial charge < -0.3 is 30.2 Å². The van der Waals surface area contributed by atoms with Crippen molar-refractivity contribution in [1.29, 1.82) is 0 Å². The summed E-state index contributed by atoms with van der Waals surface area (Å²) in [6, 6.07) is 0.951. The van der Waals surface area contributed by atoms with Gasteiger partial charge in [0.15, 0.2) is 0 Å². The lowest BCUT2D eigenvalue weighted by molar-refractivity contribution is -0.927. The molecule has 0 amide bonds. The number of rotatable bonds is 21. The van der Waals surface area contributed by atoms with E-state index in [-0.39, 0.29) is 12.4 Å². The van der Waals surface area contributed by atoms with Crippen LogP contribution in [0.25, 0.3) is 0 Å². The van der Waals surface area contributed by atoms with Crippen molar-refractivity contribution in [3.8, 4) is 0 Å². The molecule has 0 saturated heterocycles. The Balaban J connectivity index is 0. The molecule has 0 rings (SSSR count). The van der Waals surface area contributed by atoms with E-state index in [4.69, 9.17) is 13.3 Å². The van der Waals surface area contributed by atoms with Crippen LogP contribution in [0.2, 0.25) is 6.04 Å². The van der Waals surface area contributed by atoms with E-state index in [2.05, 4.69) is 41.5 Å². The molecule has 0 saturated carbocycles. The van der Waals surface area contributed by atoms with Crippen LogP contribution in [-0.4, -0.2) is 59.3 Å². The second-order valence-corrected chi connectivity index (χ2v) is 10.8. The number of unbranched alkanes of at least 4 members (excludes halogenated alkanes) is 6. The van der Waals surface area contributed by atoms with Gasteiger partial charge in [0.05, 0.1) is 32.2 Å². The van der Waals surface area contributed by atoms with Gasteiger partial charge in [-0.25, -0.2) is 0 Å². The van der Waals surface area contributed by atoms with Crippen molar-refractivity contribution in [3.63, 3.8) is 0 Å². The molecule has 0 aliphatic carbocycles. The molecule has 0 heterocycles. The van der Waals surface area contributed by atoms with Gasteiger partial charge in [-0.2, -0.15) is 0 Å². The minimum absolute atomic E-state index is 0. The van der Waals surface area contributed by atoms with Gasteiger partial charge in [0.25, 0.3) is 0 Å². The van der Waals surface area contributed by atoms with Gasteiger partial charge in [0, 0.05) is 19.8 Å². The van der Waals surface area contributed by atoms with Gasteiger partial charge >= 0.3 is 8.80 Å². The van der Waals surface area contributed by atoms with Gasteiger partial charge in [-0.3, -0.25) is 0 Å². The Labute approximate surface area is 190 Å². The highest BCUT2D eigenvalue weighted by atomic mass is 35.5. The fourth-order valence-corrected chi connectivity index (χ4v) is 6.89. The van der Waals surface area contributed by atoms with Gasteiger partial charge in [-0.1, -0.05) is 40.0 Å². The molecule has 29 heavy (non-hydrogen) atoms. The van der Waals surface area contributed by atoms with Crippen molar-refractivity contribution in [2.45, 2.75) is 105 Å². The Bertz CT molecular complexity index is 305. The molecule has 0 aromatic rings. The Morgan fingerprint density at radius 2 is 0.862 bits per heavy atom. The molecule has 0 aromatic carbocycles. The number of halogens is 1. The van der Waals surface area contributed by atoms with Gasteiger partial charge in [0.2, 0.25) is 0 Å². The zero-order chi connectivity index (χ0) is 21.1. The van der Waals surface area contributed by atoms with E-state index in [1.807, 2.05) is 0 Å². The third kappa shape index (κ3) is 14.1. The Morgan fingerprint density at radius 3 is 1.14 bits per heavy atom. The SMILES string of the molecule is CCCCC[N+](CCCCC)(CCCCC)CC[Si](OCC)(OCC)OCC.[Cl-]. The topological polar surface area (TPSA) is 27.7 Å². The van der Waals surface area contributed by atoms with Crippen LogP contribution in [0.4, 0.5) is 0 Å². The fraction of sp³-hybridized carbons (Fsp3) is 1.00. The first-order valence-electron chi connectivity index (χ1n) is 12.3. The first-order valence-corrected chi connectivity index (χ1v) is 14.3. The summed E-state index contributed by atoms with van der Waals surface area (Å²) in [6.07, 6.45) is 11.9. The zero-order valence-electron chi connectivity index (χ0n) is 20.6. The van der Waals surface area contributed by atoms with Crippen LogP contribution in [0.5, 0.6) is 0 Å². The van der Waals surface area contributed by atoms with Crippen molar-refractivity contribution in [2.24, 2.45) is 0 Å². The molecule has 0 spiro atoms. The van der Waals surface area contributed by atoms with Crippen molar-refractivity contribution in [1.82, 2.24) is 0 Å². The smallest absolute Gasteiger partial charge is 0.506 e. The number of hydrogen-bond donors (Lipinski definition) is 0. The number of nitrogens with zero attached hydrogens (tertiary/aromatic N) is 1. The molecule has 0 radical (unpaired) electrons. The maximum atomic E-state index is 6.17. The summed E-state index contributed by atoms with van der Waals surface area (Å²) >= 11 is 0. The highest BCUT2D eigenvalue weighted by Gasteiger charge is 2.43. The summed E-state index contributed by atoms with van der Waals surface area (Å²) in [5.74, 6) is 0. The largest absolute Gasteiger partial charge is 1.00 e. The average Bonchev–Trinajstić information content (AvgIpc) is 2.67. The minimum atomic E-state index is -2.56. The summed E-state index contributed by atoms with van der Waals surface area (Å²) in [4.78, 5) is 0. The van der Waals surface area contributed by atoms with Crippen molar-refractivity contribution in [3.05, 3.63) is 0 Å². The predicted octanol–water partition coefficient (Wildman–Crippen LogP) is 3.43. The monoisotopic (exact) mass is 453 g/mol. The number of quaternary nitrogens is 1. The highest BCUT2D eigenvalue weighted by Crippen LogP contribution is 2.23. The summed E-state index contributed by atoms with van der Waals surface area (Å²) in [6.45, 7) is 20.2. The summed E-state index contributed by atoms with van der Waals surface area (Å²) in [5.41, 5.74) is 0. The van der Waals surface area contributed by atoms with Crippen molar-refractivity contribution >= 4 is 8.80 Å². The van der Waals surface area contributed by atoms with Crippen LogP contribution >= 0.6 is 0 Å². The molecule has 0 fully saturated rings. The standard InChI is InChI=1S/C23H52NO3Si.ClH/c1-7-13-16-19-24(20-17-14-8-2,21-18-15-9-3)22-23-28(25-10-4,26-11-5)27-12-6;/h7-23H2,1-6H3;1H/q+1;/p-1. The van der Waals surface area contributed by atoms with Crippen LogP contribution in [0, 0.1) is 0 Å². The maximum absolute atomic E-state index is 6.17. The third-order valence-electron chi connectivity index (χ3n) is 5.69. The number of hydrogen-bond acceptors (Lipinski definition) is 3. The third-order valence-corrected chi connectivity index (χ3v) is 8.71. The Morgan fingerprint density at radius 1 is 0.517 bits per heavy atom. The van der Waals surface area contributed by atoms with Gasteiger partial charge in [-0.15, -0.1) is 0 Å². The second-order valence-electron chi connectivity index (χ2n) is 8.09. The Hall–Kier alpha value is 0.347. The zero-order valence-corrected chi connectivity index (χ0v) is 22.3. The first-order chi connectivity index (χ1) is 13.6. The Kier molecular flexibility index (Phi) is 22.0. The van der Waals surface area contributed by atoms with Gasteiger partial charge in [0.1, 0.15) is 0 Å². The van der Waals surface area contributed by atoms with Crippen LogP contribution in [0.1, 0.15) is 99.3 Å². The molecular weight excluding hydrogens is 402 g/mol. The van der Waals surface area contributed by atoms with E-state index >= 15 is 0 Å². The van der Waals surface area contributed by atoms with Gasteiger partial charge in [-0.05, 0) is 59.3 Å². The quantitative estimate of drug-likeness (QED) is 0.151. The second kappa shape index (κ2) is 20.3. The molecule has 0 aromatic heterocycles. The summed E-state index contributed by atoms with van der Waals surface area (Å²) in [5, 5.41) is 0. The normalized spacial score (nSPS) is 12.2. The highest BCUT2D eigenvalue weighted by molar-refractivity contribution is 6.60. The van der Waals surface area contributed by atoms with Crippen LogP contribution in [-0.2, 0) is 13.3 Å². The first kappa shape index (κ1) is 31.5. The van der Waals surface area contributed by atoms with Crippen LogP contribution in [0.15, 0.2) is 0 Å². The van der Waals surface area contributed by atoms with E-state index in [1.165, 1.54) is 81.9 Å². The summed E-state index contributed by atoms with van der Waals surface area (Å²) in [7, 11) is -2.56. The molecule has 0 N–H and O–H groups in total. The van der Waals surface area contributed by atoms with Crippen LogP contribution < -0.4 is 12.4 Å². The molecule has 0 unspecified atom stereocenters. The molecule has 0 aliphatic heterocycles. The molecular formula is C23H52ClNO3Si. The fourth-order valence-electron chi connectivity index (χ4n) is 4.14. The van der Waals surface area contributed by atoms with E-state index in [0.29, 0.717) is 19.8 Å². The van der Waals surface area contributed by atoms with Crippen LogP contribution in [0.3, 0.4) is 0 Å². The van der Waals surface area contributed by atoms with E-state index in [9.17, 15) is 0 Å². The van der Waals surface area contributed by atoms with E-state index < -0.39 is 8.80 Å².